The summed E-state index contributed by atoms with van der Waals surface area (Å²) in [5.41, 5.74) is -0.918. The number of nitriles is 1. The van der Waals surface area contributed by atoms with Crippen molar-refractivity contribution in [1.29, 1.82) is 5.26 Å². The molecule has 0 heterocycles. The van der Waals surface area contributed by atoms with Gasteiger partial charge in [-0.1, -0.05) is 23.7 Å². The van der Waals surface area contributed by atoms with Crippen LogP contribution in [0.15, 0.2) is 24.3 Å². The molecule has 3 rings (SSSR count). The van der Waals surface area contributed by atoms with E-state index in [1.54, 1.807) is 24.3 Å². The van der Waals surface area contributed by atoms with Crippen LogP contribution in [0.1, 0.15) is 31.2 Å². The summed E-state index contributed by atoms with van der Waals surface area (Å²) < 4.78 is 0. The van der Waals surface area contributed by atoms with Gasteiger partial charge in [-0.3, -0.25) is 14.4 Å². The molecule has 2 saturated carbocycles. The zero-order chi connectivity index (χ0) is 15.9. The first-order chi connectivity index (χ1) is 10.5. The van der Waals surface area contributed by atoms with Crippen LogP contribution >= 0.6 is 11.6 Å². The van der Waals surface area contributed by atoms with Gasteiger partial charge in [0.1, 0.15) is 11.3 Å². The molecule has 5 heteroatoms. The lowest BCUT2D eigenvalue weighted by Crippen LogP contribution is -2.50. The lowest BCUT2D eigenvalue weighted by Gasteiger charge is -2.33. The SMILES string of the molecule is N#CC1(c2ccc(Cl)cc2)CCC(=O)C(C(=O)C2CC2)C1=O. The fourth-order valence-electron chi connectivity index (χ4n) is 3.06. The van der Waals surface area contributed by atoms with Crippen LogP contribution in [0.3, 0.4) is 0 Å². The van der Waals surface area contributed by atoms with E-state index in [9.17, 15) is 19.6 Å². The summed E-state index contributed by atoms with van der Waals surface area (Å²) in [6, 6.07) is 8.53. The van der Waals surface area contributed by atoms with Crippen molar-refractivity contribution in [2.75, 3.05) is 0 Å². The molecule has 0 spiro atoms. The van der Waals surface area contributed by atoms with Crippen molar-refractivity contribution < 1.29 is 14.4 Å². The van der Waals surface area contributed by atoms with Crippen LogP contribution in [0.5, 0.6) is 0 Å². The highest BCUT2D eigenvalue weighted by Crippen LogP contribution is 2.41. The van der Waals surface area contributed by atoms with Gasteiger partial charge in [0, 0.05) is 17.4 Å². The molecule has 0 bridgehead atoms. The summed E-state index contributed by atoms with van der Waals surface area (Å²) in [5.74, 6) is -2.66. The summed E-state index contributed by atoms with van der Waals surface area (Å²) in [7, 11) is 0. The Labute approximate surface area is 133 Å². The first-order valence-corrected chi connectivity index (χ1v) is 7.65. The van der Waals surface area contributed by atoms with Crippen molar-refractivity contribution in [3.63, 3.8) is 0 Å². The van der Waals surface area contributed by atoms with Crippen molar-refractivity contribution in [2.24, 2.45) is 11.8 Å². The van der Waals surface area contributed by atoms with Gasteiger partial charge in [0.05, 0.1) is 6.07 Å². The standard InChI is InChI=1S/C17H14ClNO3/c18-12-5-3-11(4-6-12)17(9-19)8-7-13(20)14(16(17)22)15(21)10-1-2-10/h3-6,10,14H,1-2,7-8H2. The monoisotopic (exact) mass is 315 g/mol. The van der Waals surface area contributed by atoms with E-state index in [0.29, 0.717) is 10.6 Å². The predicted molar refractivity (Wildman–Crippen MR) is 79.2 cm³/mol. The molecule has 2 aliphatic rings. The fraction of sp³-hybridized carbons (Fsp3) is 0.412. The van der Waals surface area contributed by atoms with E-state index in [-0.39, 0.29) is 30.3 Å². The minimum atomic E-state index is -1.42. The zero-order valence-electron chi connectivity index (χ0n) is 11.8. The Morgan fingerprint density at radius 3 is 2.41 bits per heavy atom. The fourth-order valence-corrected chi connectivity index (χ4v) is 3.18. The minimum absolute atomic E-state index is 0.0745. The van der Waals surface area contributed by atoms with Crippen molar-refractivity contribution in [2.45, 2.75) is 31.1 Å². The third-order valence-corrected chi connectivity index (χ3v) is 4.80. The number of ketones is 3. The summed E-state index contributed by atoms with van der Waals surface area (Å²) in [4.78, 5) is 37.2. The Bertz CT molecular complexity index is 700. The van der Waals surface area contributed by atoms with Gasteiger partial charge in [0.15, 0.2) is 17.3 Å². The van der Waals surface area contributed by atoms with Crippen LogP contribution in [-0.2, 0) is 19.8 Å². The number of rotatable bonds is 3. The maximum Gasteiger partial charge on any atom is 0.175 e. The molecule has 2 unspecified atom stereocenters. The Balaban J connectivity index is 2.02. The quantitative estimate of drug-likeness (QED) is 0.804. The second kappa shape index (κ2) is 5.33. The highest BCUT2D eigenvalue weighted by atomic mass is 35.5. The van der Waals surface area contributed by atoms with E-state index >= 15 is 0 Å². The molecule has 2 atom stereocenters. The van der Waals surface area contributed by atoms with Crippen LogP contribution in [0.2, 0.25) is 5.02 Å². The number of benzene rings is 1. The van der Waals surface area contributed by atoms with Gasteiger partial charge in [-0.15, -0.1) is 0 Å². The van der Waals surface area contributed by atoms with Gasteiger partial charge >= 0.3 is 0 Å². The number of halogens is 1. The van der Waals surface area contributed by atoms with Gasteiger partial charge in [0.25, 0.3) is 0 Å². The number of nitrogens with zero attached hydrogens (tertiary/aromatic N) is 1. The van der Waals surface area contributed by atoms with Crippen molar-refractivity contribution in [1.82, 2.24) is 0 Å². The number of carbonyl (C=O) groups is 3. The summed E-state index contributed by atoms with van der Waals surface area (Å²) in [6.45, 7) is 0. The Morgan fingerprint density at radius 1 is 1.23 bits per heavy atom. The molecule has 112 valence electrons. The molecule has 2 aliphatic carbocycles. The maximum absolute atomic E-state index is 12.9. The second-order valence-corrected chi connectivity index (χ2v) is 6.40. The first kappa shape index (κ1) is 14.9. The molecule has 4 nitrogen and oxygen atoms in total. The summed E-state index contributed by atoms with van der Waals surface area (Å²) in [5, 5.41) is 10.1. The number of Topliss-reactive ketones (excluding diaryl/α,β-unsaturated/α-hetero) is 3. The van der Waals surface area contributed by atoms with Crippen molar-refractivity contribution in [3.05, 3.63) is 34.9 Å². The average molecular weight is 316 g/mol. The molecule has 2 fully saturated rings. The number of hydrogen-bond acceptors (Lipinski definition) is 4. The van der Waals surface area contributed by atoms with Gasteiger partial charge in [-0.05, 0) is 37.0 Å². The molecule has 0 aliphatic heterocycles. The molecule has 22 heavy (non-hydrogen) atoms. The molecule has 1 aromatic rings. The van der Waals surface area contributed by atoms with E-state index in [4.69, 9.17) is 11.6 Å². The van der Waals surface area contributed by atoms with E-state index in [2.05, 4.69) is 6.07 Å². The molecular formula is C17H14ClNO3. The Morgan fingerprint density at radius 2 is 1.86 bits per heavy atom. The normalized spacial score (nSPS) is 28.3. The molecule has 1 aromatic carbocycles. The lowest BCUT2D eigenvalue weighted by molar-refractivity contribution is -0.145. The number of hydrogen-bond donors (Lipinski definition) is 0. The smallest absolute Gasteiger partial charge is 0.175 e. The summed E-state index contributed by atoms with van der Waals surface area (Å²) in [6.07, 6.45) is 1.66. The Kier molecular flexibility index (Phi) is 3.62. The Hall–Kier alpha value is -1.99. The molecular weight excluding hydrogens is 302 g/mol. The molecule has 0 saturated heterocycles. The van der Waals surface area contributed by atoms with E-state index in [1.807, 2.05) is 0 Å². The molecule has 0 radical (unpaired) electrons. The van der Waals surface area contributed by atoms with Gasteiger partial charge in [-0.25, -0.2) is 0 Å². The van der Waals surface area contributed by atoms with Crippen LogP contribution < -0.4 is 0 Å². The van der Waals surface area contributed by atoms with Crippen LogP contribution in [0.4, 0.5) is 0 Å². The second-order valence-electron chi connectivity index (χ2n) is 5.96. The lowest BCUT2D eigenvalue weighted by atomic mass is 9.64. The van der Waals surface area contributed by atoms with Gasteiger partial charge < -0.3 is 0 Å². The van der Waals surface area contributed by atoms with Crippen molar-refractivity contribution in [3.8, 4) is 6.07 Å². The molecule has 0 aromatic heterocycles. The highest BCUT2D eigenvalue weighted by molar-refractivity contribution is 6.30. The third-order valence-electron chi connectivity index (χ3n) is 4.54. The van der Waals surface area contributed by atoms with E-state index in [1.165, 1.54) is 0 Å². The average Bonchev–Trinajstić information content (AvgIpc) is 3.34. The molecule has 0 amide bonds. The number of carbonyl (C=O) groups excluding carboxylic acids is 3. The minimum Gasteiger partial charge on any atom is -0.298 e. The zero-order valence-corrected chi connectivity index (χ0v) is 12.6. The summed E-state index contributed by atoms with van der Waals surface area (Å²) >= 11 is 5.85. The van der Waals surface area contributed by atoms with Crippen LogP contribution in [0, 0.1) is 23.2 Å². The highest BCUT2D eigenvalue weighted by Gasteiger charge is 2.54. The van der Waals surface area contributed by atoms with Gasteiger partial charge in [0.2, 0.25) is 0 Å². The topological polar surface area (TPSA) is 75.0 Å². The molecule has 0 N–H and O–H groups in total. The van der Waals surface area contributed by atoms with Gasteiger partial charge in [-0.2, -0.15) is 5.26 Å². The predicted octanol–water partition coefficient (Wildman–Crippen LogP) is 2.63. The van der Waals surface area contributed by atoms with Crippen LogP contribution in [0.25, 0.3) is 0 Å². The third kappa shape index (κ3) is 2.26. The maximum atomic E-state index is 12.9. The van der Waals surface area contributed by atoms with E-state index < -0.39 is 17.1 Å². The largest absolute Gasteiger partial charge is 0.298 e. The van der Waals surface area contributed by atoms with Crippen molar-refractivity contribution >= 4 is 29.0 Å². The first-order valence-electron chi connectivity index (χ1n) is 7.27. The van der Waals surface area contributed by atoms with E-state index in [0.717, 1.165) is 12.8 Å². The van der Waals surface area contributed by atoms with Crippen LogP contribution in [-0.4, -0.2) is 17.3 Å².